The SMILES string of the molecule is O=C(Cl)CCC1=CC(=O)NC1=O. The van der Waals surface area contributed by atoms with Crippen LogP contribution in [0.4, 0.5) is 0 Å². The first kappa shape index (κ1) is 8.93. The van der Waals surface area contributed by atoms with Gasteiger partial charge in [0.2, 0.25) is 5.24 Å². The third-order valence-corrected chi connectivity index (χ3v) is 1.61. The maximum Gasteiger partial charge on any atom is 0.254 e. The molecule has 0 aliphatic carbocycles. The molecule has 2 amide bonds. The van der Waals surface area contributed by atoms with Crippen molar-refractivity contribution in [2.45, 2.75) is 12.8 Å². The molecule has 0 aromatic carbocycles. The molecule has 0 fully saturated rings. The molecule has 0 saturated heterocycles. The van der Waals surface area contributed by atoms with Crippen molar-refractivity contribution in [1.82, 2.24) is 5.32 Å². The third kappa shape index (κ3) is 2.17. The Kier molecular flexibility index (Phi) is 2.60. The normalized spacial score (nSPS) is 15.9. The molecule has 0 radical (unpaired) electrons. The van der Waals surface area contributed by atoms with E-state index in [0.717, 1.165) is 0 Å². The fourth-order valence-electron chi connectivity index (χ4n) is 0.871. The maximum absolute atomic E-state index is 10.8. The zero-order valence-electron chi connectivity index (χ0n) is 6.09. The highest BCUT2D eigenvalue weighted by atomic mass is 35.5. The average Bonchev–Trinajstić information content (AvgIpc) is 2.26. The Balaban J connectivity index is 2.52. The lowest BCUT2D eigenvalue weighted by atomic mass is 10.1. The van der Waals surface area contributed by atoms with Gasteiger partial charge in [-0.2, -0.15) is 0 Å². The number of imide groups is 1. The quantitative estimate of drug-likeness (QED) is 0.504. The minimum absolute atomic E-state index is 0.0775. The lowest BCUT2D eigenvalue weighted by molar-refractivity contribution is -0.123. The average molecular weight is 188 g/mol. The van der Waals surface area contributed by atoms with Crippen LogP contribution in [0.5, 0.6) is 0 Å². The molecule has 4 nitrogen and oxygen atoms in total. The molecule has 1 aliphatic heterocycles. The molecule has 1 rings (SSSR count). The molecule has 12 heavy (non-hydrogen) atoms. The number of nitrogens with one attached hydrogen (secondary N) is 1. The summed E-state index contributed by atoms with van der Waals surface area (Å²) in [4.78, 5) is 31.7. The standard InChI is InChI=1S/C7H6ClNO3/c8-5(10)2-1-4-3-6(11)9-7(4)12/h3H,1-2H2,(H,9,11,12). The van der Waals surface area contributed by atoms with Gasteiger partial charge in [0.1, 0.15) is 0 Å². The van der Waals surface area contributed by atoms with Crippen LogP contribution in [0, 0.1) is 0 Å². The summed E-state index contributed by atoms with van der Waals surface area (Å²) in [6, 6.07) is 0. The minimum atomic E-state index is -0.511. The Morgan fingerprint density at radius 3 is 2.58 bits per heavy atom. The molecule has 64 valence electrons. The van der Waals surface area contributed by atoms with Crippen LogP contribution in [-0.2, 0) is 14.4 Å². The molecule has 0 unspecified atom stereocenters. The molecule has 1 N–H and O–H groups in total. The highest BCUT2D eigenvalue weighted by Gasteiger charge is 2.20. The molecule has 0 atom stereocenters. The van der Waals surface area contributed by atoms with Gasteiger partial charge in [0, 0.05) is 18.1 Å². The fraction of sp³-hybridized carbons (Fsp3) is 0.286. The second-order valence-electron chi connectivity index (χ2n) is 2.34. The molecule has 0 aromatic heterocycles. The highest BCUT2D eigenvalue weighted by Crippen LogP contribution is 2.10. The van der Waals surface area contributed by atoms with E-state index in [9.17, 15) is 14.4 Å². The van der Waals surface area contributed by atoms with Gasteiger partial charge in [-0.15, -0.1) is 0 Å². The lowest BCUT2D eigenvalue weighted by Crippen LogP contribution is -2.22. The molecular weight excluding hydrogens is 182 g/mol. The van der Waals surface area contributed by atoms with Gasteiger partial charge in [-0.05, 0) is 18.0 Å². The van der Waals surface area contributed by atoms with Gasteiger partial charge in [0.25, 0.3) is 11.8 Å². The van der Waals surface area contributed by atoms with Crippen LogP contribution < -0.4 is 5.32 Å². The molecular formula is C7H6ClNO3. The largest absolute Gasteiger partial charge is 0.289 e. The maximum atomic E-state index is 10.8. The number of carbonyl (C=O) groups is 3. The summed E-state index contributed by atoms with van der Waals surface area (Å²) in [5.74, 6) is -0.866. The van der Waals surface area contributed by atoms with Crippen molar-refractivity contribution in [1.29, 1.82) is 0 Å². The summed E-state index contributed by atoms with van der Waals surface area (Å²) in [6.45, 7) is 0. The Labute approximate surface area is 73.6 Å². The highest BCUT2D eigenvalue weighted by molar-refractivity contribution is 6.63. The van der Waals surface area contributed by atoms with E-state index < -0.39 is 17.1 Å². The van der Waals surface area contributed by atoms with E-state index in [-0.39, 0.29) is 12.8 Å². The van der Waals surface area contributed by atoms with E-state index in [1.807, 2.05) is 0 Å². The third-order valence-electron chi connectivity index (χ3n) is 1.42. The molecule has 0 aromatic rings. The summed E-state index contributed by atoms with van der Waals surface area (Å²) in [5.41, 5.74) is 0.314. The van der Waals surface area contributed by atoms with Crippen LogP contribution in [0.15, 0.2) is 11.6 Å². The van der Waals surface area contributed by atoms with E-state index in [0.29, 0.717) is 5.57 Å². The summed E-state index contributed by atoms with van der Waals surface area (Å²) in [6.07, 6.45) is 1.48. The summed E-state index contributed by atoms with van der Waals surface area (Å²) >= 11 is 5.06. The second-order valence-corrected chi connectivity index (χ2v) is 2.76. The summed E-state index contributed by atoms with van der Waals surface area (Å²) in [7, 11) is 0. The predicted molar refractivity (Wildman–Crippen MR) is 41.3 cm³/mol. The van der Waals surface area contributed by atoms with Crippen molar-refractivity contribution in [2.24, 2.45) is 0 Å². The fourth-order valence-corrected chi connectivity index (χ4v) is 0.965. The number of rotatable bonds is 3. The molecule has 0 spiro atoms. The number of amides is 2. The molecule has 5 heteroatoms. The Bertz CT molecular complexity index is 282. The van der Waals surface area contributed by atoms with Crippen LogP contribution >= 0.6 is 11.6 Å². The van der Waals surface area contributed by atoms with Gasteiger partial charge in [0.05, 0.1) is 0 Å². The van der Waals surface area contributed by atoms with Crippen LogP contribution in [-0.4, -0.2) is 17.1 Å². The van der Waals surface area contributed by atoms with E-state index in [1.54, 1.807) is 0 Å². The second kappa shape index (κ2) is 3.49. The van der Waals surface area contributed by atoms with Crippen LogP contribution in [0.1, 0.15) is 12.8 Å². The van der Waals surface area contributed by atoms with Crippen LogP contribution in [0.3, 0.4) is 0 Å². The van der Waals surface area contributed by atoms with Crippen molar-refractivity contribution in [3.8, 4) is 0 Å². The number of hydrogen-bond donors (Lipinski definition) is 1. The van der Waals surface area contributed by atoms with Crippen molar-refractivity contribution < 1.29 is 14.4 Å². The van der Waals surface area contributed by atoms with E-state index in [2.05, 4.69) is 5.32 Å². The molecule has 1 aliphatic rings. The van der Waals surface area contributed by atoms with E-state index >= 15 is 0 Å². The van der Waals surface area contributed by atoms with Gasteiger partial charge in [0.15, 0.2) is 0 Å². The zero-order chi connectivity index (χ0) is 9.14. The number of hydrogen-bond acceptors (Lipinski definition) is 3. The van der Waals surface area contributed by atoms with Crippen LogP contribution in [0.2, 0.25) is 0 Å². The van der Waals surface area contributed by atoms with Crippen molar-refractivity contribution in [3.05, 3.63) is 11.6 Å². The van der Waals surface area contributed by atoms with Crippen molar-refractivity contribution in [2.75, 3.05) is 0 Å². The monoisotopic (exact) mass is 187 g/mol. The topological polar surface area (TPSA) is 63.2 Å². The van der Waals surface area contributed by atoms with E-state index in [4.69, 9.17) is 11.6 Å². The minimum Gasteiger partial charge on any atom is -0.289 e. The Hall–Kier alpha value is -1.16. The zero-order valence-corrected chi connectivity index (χ0v) is 6.85. The predicted octanol–water partition coefficient (Wildman–Crippen LogP) is 0.115. The van der Waals surface area contributed by atoms with Gasteiger partial charge < -0.3 is 0 Å². The van der Waals surface area contributed by atoms with Crippen molar-refractivity contribution >= 4 is 28.7 Å². The van der Waals surface area contributed by atoms with Crippen molar-refractivity contribution in [3.63, 3.8) is 0 Å². The first-order valence-corrected chi connectivity index (χ1v) is 3.71. The van der Waals surface area contributed by atoms with Gasteiger partial charge >= 0.3 is 0 Å². The number of carbonyl (C=O) groups excluding carboxylic acids is 3. The summed E-state index contributed by atoms with van der Waals surface area (Å²) in [5, 5.41) is 1.55. The molecule has 0 saturated carbocycles. The first-order chi connectivity index (χ1) is 5.59. The van der Waals surface area contributed by atoms with Gasteiger partial charge in [-0.3, -0.25) is 19.7 Å². The Morgan fingerprint density at radius 1 is 1.50 bits per heavy atom. The lowest BCUT2D eigenvalue weighted by Gasteiger charge is -1.94. The van der Waals surface area contributed by atoms with Gasteiger partial charge in [-0.1, -0.05) is 0 Å². The van der Waals surface area contributed by atoms with Crippen LogP contribution in [0.25, 0.3) is 0 Å². The first-order valence-electron chi connectivity index (χ1n) is 3.34. The van der Waals surface area contributed by atoms with E-state index in [1.165, 1.54) is 6.08 Å². The molecule has 0 bridgehead atoms. The molecule has 1 heterocycles. The Morgan fingerprint density at radius 2 is 2.17 bits per heavy atom. The smallest absolute Gasteiger partial charge is 0.254 e. The van der Waals surface area contributed by atoms with Gasteiger partial charge in [-0.25, -0.2) is 0 Å². The number of halogens is 1. The summed E-state index contributed by atoms with van der Waals surface area (Å²) < 4.78 is 0.